The Hall–Kier alpha value is -3.60. The lowest BCUT2D eigenvalue weighted by Gasteiger charge is -2.27. The highest BCUT2D eigenvalue weighted by Crippen LogP contribution is 2.34. The largest absolute Gasteiger partial charge is 0.496 e. The number of halogens is 3. The standard InChI is InChI=1S/C24H26F3N5O3/c1-12(15-8-14(28)9-18(21(15)25)22(26)27)29-23-16-11-20(34-3)17(10-19(16)30-13(2)31-23)24(33)32-4-6-35-7-5-32/h8-12,22H,4-7,28H2,1-3H3,(H,29,30,31). The fraction of sp³-hybridized carbons (Fsp3) is 0.375. The van der Waals surface area contributed by atoms with Crippen LogP contribution in [0, 0.1) is 12.7 Å². The van der Waals surface area contributed by atoms with Crippen molar-refractivity contribution in [3.05, 3.63) is 52.6 Å². The predicted molar refractivity (Wildman–Crippen MR) is 125 cm³/mol. The van der Waals surface area contributed by atoms with Gasteiger partial charge in [-0.2, -0.15) is 0 Å². The van der Waals surface area contributed by atoms with Crippen molar-refractivity contribution in [3.8, 4) is 5.75 Å². The number of aryl methyl sites for hydroxylation is 1. The van der Waals surface area contributed by atoms with E-state index in [1.54, 1.807) is 30.9 Å². The van der Waals surface area contributed by atoms with Gasteiger partial charge in [0.05, 0.1) is 43.0 Å². The quantitative estimate of drug-likeness (QED) is 0.499. The van der Waals surface area contributed by atoms with E-state index < -0.39 is 23.8 Å². The van der Waals surface area contributed by atoms with Crippen LogP contribution in [0.5, 0.6) is 5.75 Å². The van der Waals surface area contributed by atoms with Gasteiger partial charge in [-0.15, -0.1) is 0 Å². The third kappa shape index (κ3) is 4.95. The molecule has 1 fully saturated rings. The second kappa shape index (κ2) is 9.95. The number of amides is 1. The monoisotopic (exact) mass is 489 g/mol. The molecule has 186 valence electrons. The lowest BCUT2D eigenvalue weighted by Crippen LogP contribution is -2.40. The van der Waals surface area contributed by atoms with Gasteiger partial charge in [-0.05, 0) is 38.1 Å². The molecule has 0 aliphatic carbocycles. The molecular weight excluding hydrogens is 463 g/mol. The number of aromatic nitrogens is 2. The van der Waals surface area contributed by atoms with Crippen molar-refractivity contribution in [2.45, 2.75) is 26.3 Å². The smallest absolute Gasteiger partial charge is 0.266 e. The molecule has 0 bridgehead atoms. The predicted octanol–water partition coefficient (Wildman–Crippen LogP) is 4.25. The number of nitrogen functional groups attached to an aromatic ring is 1. The summed E-state index contributed by atoms with van der Waals surface area (Å²) in [6.45, 7) is 5.16. The third-order valence-electron chi connectivity index (χ3n) is 5.86. The lowest BCUT2D eigenvalue weighted by molar-refractivity contribution is 0.0301. The van der Waals surface area contributed by atoms with Crippen LogP contribution in [0.25, 0.3) is 10.9 Å². The number of hydrogen-bond acceptors (Lipinski definition) is 7. The van der Waals surface area contributed by atoms with Crippen molar-refractivity contribution in [2.75, 3.05) is 44.5 Å². The van der Waals surface area contributed by atoms with Gasteiger partial charge in [0.15, 0.2) is 0 Å². The number of methoxy groups -OCH3 is 1. The Labute approximate surface area is 200 Å². The van der Waals surface area contributed by atoms with Gasteiger partial charge in [-0.1, -0.05) is 0 Å². The molecule has 11 heteroatoms. The van der Waals surface area contributed by atoms with Crippen molar-refractivity contribution in [2.24, 2.45) is 0 Å². The van der Waals surface area contributed by atoms with Crippen LogP contribution in [0.3, 0.4) is 0 Å². The molecule has 1 amide bonds. The first-order chi connectivity index (χ1) is 16.7. The minimum Gasteiger partial charge on any atom is -0.496 e. The van der Waals surface area contributed by atoms with E-state index in [0.29, 0.717) is 60.2 Å². The molecule has 0 saturated carbocycles. The van der Waals surface area contributed by atoms with Gasteiger partial charge in [0, 0.05) is 29.7 Å². The average Bonchev–Trinajstić information content (AvgIpc) is 2.84. The molecule has 1 atom stereocenters. The highest BCUT2D eigenvalue weighted by Gasteiger charge is 2.25. The van der Waals surface area contributed by atoms with Crippen LogP contribution >= 0.6 is 0 Å². The van der Waals surface area contributed by atoms with Gasteiger partial charge >= 0.3 is 0 Å². The van der Waals surface area contributed by atoms with Crippen LogP contribution < -0.4 is 15.8 Å². The van der Waals surface area contributed by atoms with Gasteiger partial charge in [-0.25, -0.2) is 23.1 Å². The van der Waals surface area contributed by atoms with Crippen LogP contribution in [0.1, 0.15) is 46.7 Å². The molecule has 1 unspecified atom stereocenters. The first kappa shape index (κ1) is 24.5. The first-order valence-corrected chi connectivity index (χ1v) is 11.1. The average molecular weight is 489 g/mol. The van der Waals surface area contributed by atoms with Gasteiger partial charge in [0.25, 0.3) is 12.3 Å². The van der Waals surface area contributed by atoms with E-state index in [1.807, 2.05) is 0 Å². The zero-order valence-corrected chi connectivity index (χ0v) is 19.6. The summed E-state index contributed by atoms with van der Waals surface area (Å²) in [7, 11) is 1.45. The number of morpholine rings is 1. The summed E-state index contributed by atoms with van der Waals surface area (Å²) < 4.78 is 52.2. The molecule has 35 heavy (non-hydrogen) atoms. The van der Waals surface area contributed by atoms with Crippen molar-refractivity contribution < 1.29 is 27.4 Å². The van der Waals surface area contributed by atoms with Gasteiger partial charge in [-0.3, -0.25) is 4.79 Å². The highest BCUT2D eigenvalue weighted by atomic mass is 19.3. The molecule has 3 aromatic rings. The van der Waals surface area contributed by atoms with Crippen LogP contribution in [0.2, 0.25) is 0 Å². The number of alkyl halides is 2. The molecule has 8 nitrogen and oxygen atoms in total. The van der Waals surface area contributed by atoms with Crippen molar-refractivity contribution >= 4 is 28.3 Å². The summed E-state index contributed by atoms with van der Waals surface area (Å²) in [6, 6.07) is 4.76. The van der Waals surface area contributed by atoms with E-state index in [0.717, 1.165) is 6.07 Å². The number of nitrogens with zero attached hydrogens (tertiary/aromatic N) is 3. The third-order valence-corrected chi connectivity index (χ3v) is 5.86. The lowest BCUT2D eigenvalue weighted by atomic mass is 10.0. The number of carbonyl (C=O) groups excluding carboxylic acids is 1. The topological polar surface area (TPSA) is 103 Å². The normalized spacial score (nSPS) is 14.9. The number of carbonyl (C=O) groups is 1. The molecule has 1 aliphatic heterocycles. The Kier molecular flexibility index (Phi) is 6.97. The fourth-order valence-corrected chi connectivity index (χ4v) is 4.11. The molecule has 1 aromatic heterocycles. The van der Waals surface area contributed by atoms with E-state index in [-0.39, 0.29) is 17.2 Å². The Morgan fingerprint density at radius 1 is 1.17 bits per heavy atom. The number of nitrogens with two attached hydrogens (primary N) is 1. The van der Waals surface area contributed by atoms with Crippen LogP contribution in [0.4, 0.5) is 24.7 Å². The molecule has 4 rings (SSSR count). The summed E-state index contributed by atoms with van der Waals surface area (Å²) >= 11 is 0. The Balaban J connectivity index is 1.74. The van der Waals surface area contributed by atoms with E-state index in [1.165, 1.54) is 13.2 Å². The van der Waals surface area contributed by atoms with Crippen LogP contribution in [-0.2, 0) is 4.74 Å². The van der Waals surface area contributed by atoms with Crippen LogP contribution in [0.15, 0.2) is 24.3 Å². The molecule has 1 aliphatic rings. The first-order valence-electron chi connectivity index (χ1n) is 11.1. The number of ether oxygens (including phenoxy) is 2. The van der Waals surface area contributed by atoms with Gasteiger partial charge in [0.2, 0.25) is 0 Å². The maximum Gasteiger partial charge on any atom is 0.266 e. The summed E-state index contributed by atoms with van der Waals surface area (Å²) in [5.74, 6) is -0.160. The van der Waals surface area contributed by atoms with Crippen molar-refractivity contribution in [3.63, 3.8) is 0 Å². The zero-order valence-electron chi connectivity index (χ0n) is 19.6. The van der Waals surface area contributed by atoms with E-state index >= 15 is 0 Å². The minimum atomic E-state index is -3.00. The number of nitrogens with one attached hydrogen (secondary N) is 1. The highest BCUT2D eigenvalue weighted by molar-refractivity contribution is 6.02. The van der Waals surface area contributed by atoms with Crippen LogP contribution in [-0.4, -0.2) is 54.2 Å². The molecule has 0 spiro atoms. The summed E-state index contributed by atoms with van der Waals surface area (Å²) in [5, 5.41) is 3.60. The Morgan fingerprint density at radius 2 is 1.86 bits per heavy atom. The summed E-state index contributed by atoms with van der Waals surface area (Å²) in [4.78, 5) is 23.7. The van der Waals surface area contributed by atoms with E-state index in [4.69, 9.17) is 15.2 Å². The van der Waals surface area contributed by atoms with Gasteiger partial charge < -0.3 is 25.4 Å². The Bertz CT molecular complexity index is 1270. The number of hydrogen-bond donors (Lipinski definition) is 2. The van der Waals surface area contributed by atoms with E-state index in [9.17, 15) is 18.0 Å². The molecule has 3 N–H and O–H groups in total. The molecular formula is C24H26F3N5O3. The van der Waals surface area contributed by atoms with Gasteiger partial charge in [0.1, 0.15) is 23.2 Å². The molecule has 2 aromatic carbocycles. The molecule has 1 saturated heterocycles. The maximum atomic E-state index is 14.8. The molecule has 2 heterocycles. The zero-order chi connectivity index (χ0) is 25.3. The number of rotatable bonds is 6. The SMILES string of the molecule is COc1cc2c(NC(C)c3cc(N)cc(C(F)F)c3F)nc(C)nc2cc1C(=O)N1CCOCC1. The maximum absolute atomic E-state index is 14.8. The number of fused-ring (bicyclic) bond motifs is 1. The molecule has 0 radical (unpaired) electrons. The fourth-order valence-electron chi connectivity index (χ4n) is 4.11. The Morgan fingerprint density at radius 3 is 2.51 bits per heavy atom. The second-order valence-electron chi connectivity index (χ2n) is 8.27. The summed E-state index contributed by atoms with van der Waals surface area (Å²) in [6.07, 6.45) is -3.00. The minimum absolute atomic E-state index is 0.0178. The second-order valence-corrected chi connectivity index (χ2v) is 8.27. The van der Waals surface area contributed by atoms with E-state index in [2.05, 4.69) is 15.3 Å². The van der Waals surface area contributed by atoms with Crippen molar-refractivity contribution in [1.29, 1.82) is 0 Å². The van der Waals surface area contributed by atoms with Crippen molar-refractivity contribution in [1.82, 2.24) is 14.9 Å². The number of anilines is 2. The number of benzene rings is 2. The summed E-state index contributed by atoms with van der Waals surface area (Å²) in [5.41, 5.74) is 5.82.